The van der Waals surface area contributed by atoms with E-state index in [1.54, 1.807) is 6.92 Å². The Balaban J connectivity index is 3.39. The van der Waals surface area contributed by atoms with Crippen molar-refractivity contribution in [3.05, 3.63) is 12.2 Å². The fraction of sp³-hybridized carbons (Fsp3) is 0.833. The van der Waals surface area contributed by atoms with Gasteiger partial charge in [0, 0.05) is 12.8 Å². The number of hydrogen-bond acceptors (Lipinski definition) is 3. The van der Waals surface area contributed by atoms with E-state index in [2.05, 4.69) is 19.1 Å². The van der Waals surface area contributed by atoms with Gasteiger partial charge in [0.05, 0.1) is 0 Å². The summed E-state index contributed by atoms with van der Waals surface area (Å²) in [5.41, 5.74) is 5.57. The molecule has 3 N–H and O–H groups in total. The second-order valence-corrected chi connectivity index (χ2v) is 8.25. The molecule has 4 nitrogen and oxygen atoms in total. The molecule has 0 amide bonds. The van der Waals surface area contributed by atoms with Gasteiger partial charge in [0.2, 0.25) is 0 Å². The maximum atomic E-state index is 11.9. The summed E-state index contributed by atoms with van der Waals surface area (Å²) in [4.78, 5) is 22.7. The van der Waals surface area contributed by atoms with Gasteiger partial charge in [-0.25, -0.2) is 0 Å². The van der Waals surface area contributed by atoms with E-state index >= 15 is 0 Å². The van der Waals surface area contributed by atoms with E-state index in [1.165, 1.54) is 70.6 Å². The van der Waals surface area contributed by atoms with Gasteiger partial charge in [0.15, 0.2) is 0 Å². The van der Waals surface area contributed by atoms with Crippen LogP contribution >= 0.6 is 0 Å². The van der Waals surface area contributed by atoms with Crippen molar-refractivity contribution in [1.82, 2.24) is 0 Å². The zero-order valence-corrected chi connectivity index (χ0v) is 18.5. The second kappa shape index (κ2) is 19.2. The molecule has 0 aliphatic heterocycles. The average Bonchev–Trinajstić information content (AvgIpc) is 2.68. The standard InChI is InChI=1S/C24H45NO3/c1-3-4-5-6-7-8-9-10-11-12-13-14-15-16-17-18-22(26)20-19-21(2)23(25)24(27)28/h10-11,21,23H,3-9,12-20,25H2,1-2H3,(H,27,28)/b11-10-/t21-,23-/m0/s1. The summed E-state index contributed by atoms with van der Waals surface area (Å²) in [5.74, 6) is -0.908. The third-order valence-corrected chi connectivity index (χ3v) is 5.49. The molecule has 0 fully saturated rings. The van der Waals surface area contributed by atoms with Crippen LogP contribution in [0, 0.1) is 5.92 Å². The number of ketones is 1. The van der Waals surface area contributed by atoms with Crippen LogP contribution in [0.1, 0.15) is 117 Å². The van der Waals surface area contributed by atoms with Crippen LogP contribution in [0.4, 0.5) is 0 Å². The summed E-state index contributed by atoms with van der Waals surface area (Å²) in [5, 5.41) is 8.86. The van der Waals surface area contributed by atoms with E-state index in [9.17, 15) is 9.59 Å². The predicted octanol–water partition coefficient (Wildman–Crippen LogP) is 6.42. The van der Waals surface area contributed by atoms with E-state index in [-0.39, 0.29) is 11.7 Å². The maximum Gasteiger partial charge on any atom is 0.320 e. The van der Waals surface area contributed by atoms with E-state index in [0.29, 0.717) is 19.3 Å². The molecule has 0 aliphatic rings. The number of hydrogen-bond donors (Lipinski definition) is 2. The fourth-order valence-corrected chi connectivity index (χ4v) is 3.33. The first-order valence-electron chi connectivity index (χ1n) is 11.6. The lowest BCUT2D eigenvalue weighted by atomic mass is 9.95. The molecule has 4 heteroatoms. The van der Waals surface area contributed by atoms with Gasteiger partial charge in [-0.05, 0) is 44.4 Å². The van der Waals surface area contributed by atoms with Crippen molar-refractivity contribution in [2.45, 2.75) is 123 Å². The monoisotopic (exact) mass is 395 g/mol. The van der Waals surface area contributed by atoms with Crippen molar-refractivity contribution < 1.29 is 14.7 Å². The Morgan fingerprint density at radius 3 is 1.86 bits per heavy atom. The molecular formula is C24H45NO3. The lowest BCUT2D eigenvalue weighted by Crippen LogP contribution is -2.36. The molecule has 164 valence electrons. The van der Waals surface area contributed by atoms with Crippen LogP contribution < -0.4 is 5.73 Å². The Morgan fingerprint density at radius 1 is 0.821 bits per heavy atom. The Labute approximate surface area is 173 Å². The van der Waals surface area contributed by atoms with E-state index in [0.717, 1.165) is 12.8 Å². The summed E-state index contributed by atoms with van der Waals surface area (Å²) >= 11 is 0. The van der Waals surface area contributed by atoms with E-state index < -0.39 is 12.0 Å². The summed E-state index contributed by atoms with van der Waals surface area (Å²) in [6.07, 6.45) is 22.6. The van der Waals surface area contributed by atoms with Crippen LogP contribution in [0.2, 0.25) is 0 Å². The van der Waals surface area contributed by atoms with Gasteiger partial charge >= 0.3 is 5.97 Å². The number of Topliss-reactive ketones (excluding diaryl/α,β-unsaturated/α-hetero) is 1. The quantitative estimate of drug-likeness (QED) is 0.184. The number of unbranched alkanes of at least 4 members (excludes halogenated alkanes) is 11. The second-order valence-electron chi connectivity index (χ2n) is 8.25. The molecule has 0 aromatic carbocycles. The zero-order chi connectivity index (χ0) is 21.0. The Kier molecular flexibility index (Phi) is 18.4. The molecule has 0 radical (unpaired) electrons. The van der Waals surface area contributed by atoms with Gasteiger partial charge in [-0.15, -0.1) is 0 Å². The van der Waals surface area contributed by atoms with Crippen molar-refractivity contribution >= 4 is 11.8 Å². The minimum Gasteiger partial charge on any atom is -0.480 e. The molecule has 0 heterocycles. The molecule has 0 saturated heterocycles. The fourth-order valence-electron chi connectivity index (χ4n) is 3.33. The largest absolute Gasteiger partial charge is 0.480 e. The van der Waals surface area contributed by atoms with Crippen LogP contribution in [-0.4, -0.2) is 22.9 Å². The molecule has 0 unspecified atom stereocenters. The summed E-state index contributed by atoms with van der Waals surface area (Å²) in [6, 6.07) is -0.868. The normalized spacial score (nSPS) is 13.7. The molecule has 2 atom stereocenters. The number of rotatable bonds is 20. The molecule has 0 aromatic heterocycles. The van der Waals surface area contributed by atoms with Crippen molar-refractivity contribution in [3.8, 4) is 0 Å². The summed E-state index contributed by atoms with van der Waals surface area (Å²) in [7, 11) is 0. The van der Waals surface area contributed by atoms with Crippen molar-refractivity contribution in [1.29, 1.82) is 0 Å². The number of aliphatic carboxylic acids is 1. The minimum atomic E-state index is -0.989. The van der Waals surface area contributed by atoms with Gasteiger partial charge < -0.3 is 10.8 Å². The highest BCUT2D eigenvalue weighted by Gasteiger charge is 2.20. The molecule has 0 rings (SSSR count). The molecule has 28 heavy (non-hydrogen) atoms. The van der Waals surface area contributed by atoms with Gasteiger partial charge in [0.25, 0.3) is 0 Å². The smallest absolute Gasteiger partial charge is 0.320 e. The number of carbonyl (C=O) groups is 2. The van der Waals surface area contributed by atoms with Gasteiger partial charge in [-0.1, -0.05) is 77.4 Å². The maximum absolute atomic E-state index is 11.9. The lowest BCUT2D eigenvalue weighted by molar-refractivity contribution is -0.140. The molecule has 0 aliphatic carbocycles. The van der Waals surface area contributed by atoms with Crippen molar-refractivity contribution in [3.63, 3.8) is 0 Å². The van der Waals surface area contributed by atoms with Gasteiger partial charge in [-0.2, -0.15) is 0 Å². The number of carboxylic acid groups (broad SMARTS) is 1. The van der Waals surface area contributed by atoms with Gasteiger partial charge in [0.1, 0.15) is 11.8 Å². The van der Waals surface area contributed by atoms with Crippen molar-refractivity contribution in [2.24, 2.45) is 11.7 Å². The molecule has 0 spiro atoms. The van der Waals surface area contributed by atoms with Crippen LogP contribution in [0.5, 0.6) is 0 Å². The molecular weight excluding hydrogens is 350 g/mol. The predicted molar refractivity (Wildman–Crippen MR) is 118 cm³/mol. The first-order chi connectivity index (χ1) is 13.5. The summed E-state index contributed by atoms with van der Waals surface area (Å²) < 4.78 is 0. The van der Waals surface area contributed by atoms with Crippen LogP contribution in [-0.2, 0) is 9.59 Å². The Hall–Kier alpha value is -1.16. The zero-order valence-electron chi connectivity index (χ0n) is 18.5. The topological polar surface area (TPSA) is 80.4 Å². The number of nitrogens with two attached hydrogens (primary N) is 1. The summed E-state index contributed by atoms with van der Waals surface area (Å²) in [6.45, 7) is 4.06. The lowest BCUT2D eigenvalue weighted by Gasteiger charge is -2.14. The highest BCUT2D eigenvalue weighted by atomic mass is 16.4. The number of carboxylic acids is 1. The molecule has 0 aromatic rings. The highest BCUT2D eigenvalue weighted by Crippen LogP contribution is 2.14. The van der Waals surface area contributed by atoms with E-state index in [4.69, 9.17) is 10.8 Å². The highest BCUT2D eigenvalue weighted by molar-refractivity contribution is 5.78. The van der Waals surface area contributed by atoms with Crippen molar-refractivity contribution in [2.75, 3.05) is 0 Å². The third kappa shape index (κ3) is 17.0. The van der Waals surface area contributed by atoms with Crippen LogP contribution in [0.15, 0.2) is 12.2 Å². The average molecular weight is 396 g/mol. The first kappa shape index (κ1) is 26.8. The third-order valence-electron chi connectivity index (χ3n) is 5.49. The SMILES string of the molecule is CCCCCCCC/C=C\CCCCCCCC(=O)CC[C@H](C)[C@H](N)C(=O)O. The molecule has 0 bridgehead atoms. The Bertz CT molecular complexity index is 420. The number of allylic oxidation sites excluding steroid dienone is 2. The number of carbonyl (C=O) groups excluding carboxylic acids is 1. The minimum absolute atomic E-state index is 0.157. The first-order valence-corrected chi connectivity index (χ1v) is 11.6. The van der Waals surface area contributed by atoms with Crippen LogP contribution in [0.3, 0.4) is 0 Å². The Morgan fingerprint density at radius 2 is 1.32 bits per heavy atom. The van der Waals surface area contributed by atoms with Crippen LogP contribution in [0.25, 0.3) is 0 Å². The molecule has 0 saturated carbocycles. The van der Waals surface area contributed by atoms with E-state index in [1.807, 2.05) is 0 Å². The van der Waals surface area contributed by atoms with Gasteiger partial charge in [-0.3, -0.25) is 9.59 Å².